The molecule has 0 amide bonds. The highest BCUT2D eigenvalue weighted by molar-refractivity contribution is 14.1. The van der Waals surface area contributed by atoms with Crippen LogP contribution < -0.4 is 0 Å². The van der Waals surface area contributed by atoms with Crippen LogP contribution in [0.2, 0.25) is 0 Å². The number of esters is 1. The standard InChI is InChI=1S/C11H15IO4S/c12-6-9-11(5-10(13)16-9)3-7-1-2-8(4-11)17(7,14)15/h7-9H,1-6H2. The minimum Gasteiger partial charge on any atom is -0.461 e. The van der Waals surface area contributed by atoms with E-state index in [1.54, 1.807) is 0 Å². The number of rotatable bonds is 1. The number of hydrogen-bond acceptors (Lipinski definition) is 4. The van der Waals surface area contributed by atoms with Crippen molar-refractivity contribution in [2.45, 2.75) is 48.7 Å². The first-order valence-electron chi connectivity index (χ1n) is 5.96. The summed E-state index contributed by atoms with van der Waals surface area (Å²) in [6.07, 6.45) is 3.15. The van der Waals surface area contributed by atoms with Gasteiger partial charge < -0.3 is 4.74 Å². The molecule has 17 heavy (non-hydrogen) atoms. The first kappa shape index (κ1) is 12.2. The van der Waals surface area contributed by atoms with Crippen LogP contribution in [0.4, 0.5) is 0 Å². The quantitative estimate of drug-likeness (QED) is 0.399. The van der Waals surface area contributed by atoms with Crippen LogP contribution in [-0.4, -0.2) is 35.4 Å². The fraction of sp³-hybridized carbons (Fsp3) is 0.909. The number of carbonyl (C=O) groups excluding carboxylic acids is 1. The third-order valence-corrected chi connectivity index (χ3v) is 8.06. The Morgan fingerprint density at radius 1 is 1.29 bits per heavy atom. The van der Waals surface area contributed by atoms with E-state index in [9.17, 15) is 13.2 Å². The van der Waals surface area contributed by atoms with Gasteiger partial charge in [0.25, 0.3) is 0 Å². The number of alkyl halides is 1. The number of fused-ring (bicyclic) bond motifs is 2. The minimum atomic E-state index is -2.91. The van der Waals surface area contributed by atoms with Crippen molar-refractivity contribution >= 4 is 38.4 Å². The van der Waals surface area contributed by atoms with Gasteiger partial charge in [-0.25, -0.2) is 8.42 Å². The Morgan fingerprint density at radius 3 is 2.41 bits per heavy atom. The van der Waals surface area contributed by atoms with Gasteiger partial charge in [0.05, 0.1) is 16.9 Å². The Labute approximate surface area is 115 Å². The van der Waals surface area contributed by atoms with Crippen molar-refractivity contribution in [2.75, 3.05) is 4.43 Å². The van der Waals surface area contributed by atoms with Gasteiger partial charge in [-0.1, -0.05) is 22.6 Å². The van der Waals surface area contributed by atoms with Gasteiger partial charge in [-0.15, -0.1) is 0 Å². The molecule has 3 fully saturated rings. The summed E-state index contributed by atoms with van der Waals surface area (Å²) in [4.78, 5) is 11.5. The van der Waals surface area contributed by atoms with Crippen LogP contribution in [0.1, 0.15) is 32.1 Å². The molecular formula is C11H15IO4S. The lowest BCUT2D eigenvalue weighted by atomic mass is 9.74. The summed E-state index contributed by atoms with van der Waals surface area (Å²) in [5.41, 5.74) is -0.185. The van der Waals surface area contributed by atoms with Gasteiger partial charge in [-0.2, -0.15) is 0 Å². The molecule has 3 atom stereocenters. The van der Waals surface area contributed by atoms with Crippen LogP contribution in [0.15, 0.2) is 0 Å². The molecule has 3 rings (SSSR count). The molecule has 0 N–H and O–H groups in total. The Hall–Kier alpha value is 0.150. The molecule has 3 aliphatic rings. The van der Waals surface area contributed by atoms with E-state index in [2.05, 4.69) is 22.6 Å². The molecule has 96 valence electrons. The van der Waals surface area contributed by atoms with Gasteiger partial charge >= 0.3 is 5.97 Å². The first-order valence-corrected chi connectivity index (χ1v) is 9.10. The molecule has 3 aliphatic heterocycles. The fourth-order valence-electron chi connectivity index (χ4n) is 3.73. The van der Waals surface area contributed by atoms with Gasteiger partial charge in [0, 0.05) is 9.84 Å². The molecule has 2 bridgehead atoms. The maximum absolute atomic E-state index is 12.1. The molecule has 0 radical (unpaired) electrons. The molecule has 0 aromatic heterocycles. The van der Waals surface area contributed by atoms with Crippen LogP contribution in [0.5, 0.6) is 0 Å². The van der Waals surface area contributed by atoms with Gasteiger partial charge in [0.1, 0.15) is 6.10 Å². The van der Waals surface area contributed by atoms with E-state index in [1.165, 1.54) is 0 Å². The average molecular weight is 370 g/mol. The molecule has 3 unspecified atom stereocenters. The van der Waals surface area contributed by atoms with Crippen molar-refractivity contribution in [2.24, 2.45) is 5.41 Å². The summed E-state index contributed by atoms with van der Waals surface area (Å²) in [5, 5.41) is -0.442. The second kappa shape index (κ2) is 3.82. The van der Waals surface area contributed by atoms with E-state index in [4.69, 9.17) is 4.74 Å². The molecule has 0 aliphatic carbocycles. The number of sulfone groups is 1. The predicted molar refractivity (Wildman–Crippen MR) is 70.8 cm³/mol. The van der Waals surface area contributed by atoms with E-state index in [0.29, 0.717) is 19.3 Å². The van der Waals surface area contributed by atoms with E-state index >= 15 is 0 Å². The summed E-state index contributed by atoms with van der Waals surface area (Å²) in [7, 11) is -2.91. The number of ether oxygens (including phenoxy) is 1. The van der Waals surface area contributed by atoms with E-state index in [-0.39, 0.29) is 28.0 Å². The lowest BCUT2D eigenvalue weighted by Gasteiger charge is -2.38. The van der Waals surface area contributed by atoms with Crippen LogP contribution in [0.3, 0.4) is 0 Å². The zero-order chi connectivity index (χ0) is 12.3. The second-order valence-corrected chi connectivity index (χ2v) is 8.88. The Bertz CT molecular complexity index is 438. The lowest BCUT2D eigenvalue weighted by molar-refractivity contribution is -0.140. The maximum Gasteiger partial charge on any atom is 0.306 e. The molecule has 3 heterocycles. The van der Waals surface area contributed by atoms with Gasteiger partial charge in [-0.05, 0) is 25.7 Å². The summed E-state index contributed by atoms with van der Waals surface area (Å²) in [6.45, 7) is 0. The fourth-order valence-corrected chi connectivity index (χ4v) is 7.44. The van der Waals surface area contributed by atoms with Gasteiger partial charge in [0.15, 0.2) is 9.84 Å². The van der Waals surface area contributed by atoms with Crippen molar-refractivity contribution in [1.82, 2.24) is 0 Å². The summed E-state index contributed by atoms with van der Waals surface area (Å²) in [6, 6.07) is 0. The van der Waals surface area contributed by atoms with Gasteiger partial charge in [0.2, 0.25) is 0 Å². The number of cyclic esters (lactones) is 1. The summed E-state index contributed by atoms with van der Waals surface area (Å²) >= 11 is 2.23. The van der Waals surface area contributed by atoms with E-state index < -0.39 is 9.84 Å². The highest BCUT2D eigenvalue weighted by atomic mass is 127. The van der Waals surface area contributed by atoms with E-state index in [0.717, 1.165) is 17.3 Å². The highest BCUT2D eigenvalue weighted by Crippen LogP contribution is 2.54. The number of halogens is 1. The Morgan fingerprint density at radius 2 is 1.88 bits per heavy atom. The Balaban J connectivity index is 1.95. The normalized spacial score (nSPS) is 47.4. The molecule has 4 nitrogen and oxygen atoms in total. The number of carbonyl (C=O) groups is 1. The van der Waals surface area contributed by atoms with Crippen LogP contribution in [-0.2, 0) is 19.4 Å². The molecule has 3 saturated heterocycles. The zero-order valence-electron chi connectivity index (χ0n) is 9.39. The number of hydrogen-bond donors (Lipinski definition) is 0. The van der Waals surface area contributed by atoms with Gasteiger partial charge in [-0.3, -0.25) is 4.79 Å². The van der Waals surface area contributed by atoms with Crippen LogP contribution in [0, 0.1) is 5.41 Å². The second-order valence-electron chi connectivity index (χ2n) is 5.49. The van der Waals surface area contributed by atoms with E-state index in [1.807, 2.05) is 0 Å². The Kier molecular flexibility index (Phi) is 2.74. The highest BCUT2D eigenvalue weighted by Gasteiger charge is 2.59. The zero-order valence-corrected chi connectivity index (χ0v) is 12.4. The van der Waals surface area contributed by atoms with Crippen molar-refractivity contribution in [3.05, 3.63) is 0 Å². The molecule has 0 aromatic rings. The molecule has 1 spiro atoms. The van der Waals surface area contributed by atoms with Crippen LogP contribution in [0.25, 0.3) is 0 Å². The third-order valence-electron chi connectivity index (χ3n) is 4.60. The van der Waals surface area contributed by atoms with Crippen molar-refractivity contribution in [3.8, 4) is 0 Å². The monoisotopic (exact) mass is 370 g/mol. The van der Waals surface area contributed by atoms with Crippen molar-refractivity contribution < 1.29 is 17.9 Å². The minimum absolute atomic E-state index is 0.0748. The first-order chi connectivity index (χ1) is 7.98. The molecule has 0 saturated carbocycles. The smallest absolute Gasteiger partial charge is 0.306 e. The third kappa shape index (κ3) is 1.66. The summed E-state index contributed by atoms with van der Waals surface area (Å²) in [5.74, 6) is -0.148. The maximum atomic E-state index is 12.1. The topological polar surface area (TPSA) is 60.4 Å². The van der Waals surface area contributed by atoms with Crippen molar-refractivity contribution in [1.29, 1.82) is 0 Å². The largest absolute Gasteiger partial charge is 0.461 e. The van der Waals surface area contributed by atoms with Crippen LogP contribution >= 0.6 is 22.6 Å². The summed E-state index contributed by atoms with van der Waals surface area (Å²) < 4.78 is 30.3. The van der Waals surface area contributed by atoms with Crippen molar-refractivity contribution in [3.63, 3.8) is 0 Å². The predicted octanol–water partition coefficient (Wildman–Crippen LogP) is 1.46. The molecule has 6 heteroatoms. The average Bonchev–Trinajstić information content (AvgIpc) is 2.59. The SMILES string of the molecule is O=C1CC2(CC3CCC(C2)S3(=O)=O)C(CI)O1. The molecular weight excluding hydrogens is 355 g/mol. The lowest BCUT2D eigenvalue weighted by Crippen LogP contribution is -2.45. The molecule has 0 aromatic carbocycles.